The van der Waals surface area contributed by atoms with Gasteiger partial charge < -0.3 is 20.1 Å². The van der Waals surface area contributed by atoms with Crippen molar-refractivity contribution >= 4 is 17.6 Å². The van der Waals surface area contributed by atoms with E-state index in [2.05, 4.69) is 10.6 Å². The number of carbonyl (C=O) groups is 2. The second-order valence-electron chi connectivity index (χ2n) is 7.95. The summed E-state index contributed by atoms with van der Waals surface area (Å²) < 4.78 is 14.9. The van der Waals surface area contributed by atoms with E-state index in [1.165, 1.54) is 39.9 Å². The molecule has 0 saturated carbocycles. The number of hydrogen-bond acceptors (Lipinski definition) is 3. The van der Waals surface area contributed by atoms with E-state index in [4.69, 9.17) is 0 Å². The molecule has 2 heterocycles. The number of nitrogens with zero attached hydrogens (tertiary/aromatic N) is 2. The van der Waals surface area contributed by atoms with Crippen molar-refractivity contribution in [3.8, 4) is 11.1 Å². The van der Waals surface area contributed by atoms with Gasteiger partial charge in [-0.1, -0.05) is 24.3 Å². The minimum atomic E-state index is -0.737. The number of urea groups is 1. The third-order valence-corrected chi connectivity index (χ3v) is 5.62. The lowest BCUT2D eigenvalue weighted by Gasteiger charge is -2.30. The maximum absolute atomic E-state index is 13.4. The van der Waals surface area contributed by atoms with E-state index in [9.17, 15) is 18.8 Å². The van der Waals surface area contributed by atoms with E-state index in [1.54, 1.807) is 38.5 Å². The second-order valence-corrected chi connectivity index (χ2v) is 7.95. The molecule has 0 bridgehead atoms. The molecule has 0 spiro atoms. The minimum Gasteiger partial charge on any atom is -0.327 e. The van der Waals surface area contributed by atoms with Crippen LogP contribution in [-0.2, 0) is 11.8 Å². The summed E-state index contributed by atoms with van der Waals surface area (Å²) in [6.07, 6.45) is 3.15. The molecule has 0 radical (unpaired) electrons. The van der Waals surface area contributed by atoms with E-state index in [0.29, 0.717) is 28.0 Å². The van der Waals surface area contributed by atoms with Crippen molar-refractivity contribution in [3.05, 3.63) is 99.9 Å². The summed E-state index contributed by atoms with van der Waals surface area (Å²) in [7, 11) is 3.22. The van der Waals surface area contributed by atoms with Crippen LogP contribution in [0.4, 0.5) is 14.9 Å². The van der Waals surface area contributed by atoms with E-state index in [-0.39, 0.29) is 11.6 Å². The molecule has 33 heavy (non-hydrogen) atoms. The van der Waals surface area contributed by atoms with Gasteiger partial charge in [0.1, 0.15) is 5.82 Å². The van der Waals surface area contributed by atoms with E-state index >= 15 is 0 Å². The van der Waals surface area contributed by atoms with Gasteiger partial charge in [0.25, 0.3) is 11.5 Å². The van der Waals surface area contributed by atoms with Crippen molar-refractivity contribution in [1.82, 2.24) is 14.8 Å². The Bertz CT molecular complexity index is 1330. The lowest BCUT2D eigenvalue weighted by Crippen LogP contribution is -2.44. The molecule has 4 rings (SSSR count). The second kappa shape index (κ2) is 8.74. The zero-order chi connectivity index (χ0) is 23.7. The third kappa shape index (κ3) is 4.41. The van der Waals surface area contributed by atoms with Gasteiger partial charge in [-0.25, -0.2) is 9.18 Å². The first-order valence-corrected chi connectivity index (χ1v) is 10.3. The molecule has 3 aromatic rings. The van der Waals surface area contributed by atoms with E-state index in [0.717, 1.165) is 5.56 Å². The van der Waals surface area contributed by atoms with Crippen LogP contribution in [0.2, 0.25) is 0 Å². The molecular formula is C25H23FN4O3. The molecule has 7 nitrogen and oxygen atoms in total. The molecule has 8 heteroatoms. The van der Waals surface area contributed by atoms with Crippen LogP contribution in [0.1, 0.15) is 17.2 Å². The Balaban J connectivity index is 1.68. The number of hydrogen-bond donors (Lipinski definition) is 2. The third-order valence-electron chi connectivity index (χ3n) is 5.62. The first-order chi connectivity index (χ1) is 15.7. The van der Waals surface area contributed by atoms with Crippen molar-refractivity contribution in [3.63, 3.8) is 0 Å². The SMILES string of the molecule is Cc1ccc(-c2cccn(C)c2=O)cc1NC(=O)C1=CN(C)C(=O)NC1c1ccc(F)cc1. The molecule has 1 aliphatic rings. The molecule has 3 amide bonds. The largest absolute Gasteiger partial charge is 0.327 e. The zero-order valence-electron chi connectivity index (χ0n) is 18.4. The molecule has 0 saturated heterocycles. The Morgan fingerprint density at radius 3 is 2.52 bits per heavy atom. The molecule has 0 fully saturated rings. The Labute approximate surface area is 190 Å². The fourth-order valence-corrected chi connectivity index (χ4v) is 3.69. The van der Waals surface area contributed by atoms with Crippen LogP contribution in [0, 0.1) is 12.7 Å². The zero-order valence-corrected chi connectivity index (χ0v) is 18.4. The van der Waals surface area contributed by atoms with Crippen molar-refractivity contribution in [2.45, 2.75) is 13.0 Å². The highest BCUT2D eigenvalue weighted by molar-refractivity contribution is 6.06. The van der Waals surface area contributed by atoms with Crippen molar-refractivity contribution in [1.29, 1.82) is 0 Å². The number of carbonyl (C=O) groups excluding carboxylic acids is 2. The summed E-state index contributed by atoms with van der Waals surface area (Å²) in [4.78, 5) is 39.3. The number of pyridine rings is 1. The molecule has 0 aliphatic carbocycles. The molecule has 2 N–H and O–H groups in total. The van der Waals surface area contributed by atoms with Gasteiger partial charge in [0.15, 0.2) is 0 Å². The number of rotatable bonds is 4. The van der Waals surface area contributed by atoms with Crippen molar-refractivity contribution in [2.24, 2.45) is 7.05 Å². The molecule has 2 aromatic carbocycles. The maximum Gasteiger partial charge on any atom is 0.321 e. The van der Waals surface area contributed by atoms with Gasteiger partial charge >= 0.3 is 6.03 Å². The highest BCUT2D eigenvalue weighted by atomic mass is 19.1. The number of amides is 3. The molecule has 1 aliphatic heterocycles. The van der Waals surface area contributed by atoms with Crippen molar-refractivity contribution in [2.75, 3.05) is 12.4 Å². The average molecular weight is 446 g/mol. The number of anilines is 1. The monoisotopic (exact) mass is 446 g/mol. The van der Waals surface area contributed by atoms with Crippen LogP contribution in [0.15, 0.2) is 77.4 Å². The predicted molar refractivity (Wildman–Crippen MR) is 124 cm³/mol. The smallest absolute Gasteiger partial charge is 0.321 e. The van der Waals surface area contributed by atoms with Crippen molar-refractivity contribution < 1.29 is 14.0 Å². The van der Waals surface area contributed by atoms with Crippen LogP contribution in [0.3, 0.4) is 0 Å². The average Bonchev–Trinajstić information content (AvgIpc) is 2.79. The molecule has 1 unspecified atom stereocenters. The van der Waals surface area contributed by atoms with Gasteiger partial charge in [-0.15, -0.1) is 0 Å². The van der Waals surface area contributed by atoms with Gasteiger partial charge in [-0.3, -0.25) is 9.59 Å². The first kappa shape index (κ1) is 22.0. The first-order valence-electron chi connectivity index (χ1n) is 10.3. The number of halogens is 1. The maximum atomic E-state index is 13.4. The standard InChI is InChI=1S/C25H23FN4O3/c1-15-6-7-17(19-5-4-12-29(2)24(19)32)13-21(15)27-23(31)20-14-30(3)25(33)28-22(20)16-8-10-18(26)11-9-16/h4-14,22H,1-3H3,(H,27,31)(H,28,33). The number of aryl methyl sites for hydroxylation is 2. The normalized spacial score (nSPS) is 15.6. The summed E-state index contributed by atoms with van der Waals surface area (Å²) in [6, 6.07) is 13.4. The summed E-state index contributed by atoms with van der Waals surface area (Å²) >= 11 is 0. The predicted octanol–water partition coefficient (Wildman–Crippen LogP) is 3.72. The number of aromatic nitrogens is 1. The summed E-state index contributed by atoms with van der Waals surface area (Å²) in [5, 5.41) is 5.68. The fourth-order valence-electron chi connectivity index (χ4n) is 3.69. The van der Waals surface area contributed by atoms with Gasteiger partial charge in [0, 0.05) is 37.7 Å². The highest BCUT2D eigenvalue weighted by Crippen LogP contribution is 2.29. The van der Waals surface area contributed by atoms with Gasteiger partial charge in [0.2, 0.25) is 0 Å². The van der Waals surface area contributed by atoms with Gasteiger partial charge in [-0.05, 0) is 53.9 Å². The summed E-state index contributed by atoms with van der Waals surface area (Å²) in [5.41, 5.74) is 3.28. The summed E-state index contributed by atoms with van der Waals surface area (Å²) in [6.45, 7) is 1.85. The van der Waals surface area contributed by atoms with E-state index in [1.807, 2.05) is 19.1 Å². The van der Waals surface area contributed by atoms with Gasteiger partial charge in [0.05, 0.1) is 11.6 Å². The van der Waals surface area contributed by atoms with Crippen LogP contribution in [-0.4, -0.2) is 28.5 Å². The molecule has 168 valence electrons. The number of benzene rings is 2. The molecular weight excluding hydrogens is 423 g/mol. The quantitative estimate of drug-likeness (QED) is 0.641. The Morgan fingerprint density at radius 2 is 1.79 bits per heavy atom. The van der Waals surface area contributed by atoms with Gasteiger partial charge in [-0.2, -0.15) is 0 Å². The highest BCUT2D eigenvalue weighted by Gasteiger charge is 2.30. The Kier molecular flexibility index (Phi) is 5.83. The Hall–Kier alpha value is -4.20. The van der Waals surface area contributed by atoms with Crippen LogP contribution in [0.5, 0.6) is 0 Å². The summed E-state index contributed by atoms with van der Waals surface area (Å²) in [5.74, 6) is -0.829. The topological polar surface area (TPSA) is 83.4 Å². The molecule has 1 aromatic heterocycles. The van der Waals surface area contributed by atoms with Crippen LogP contribution in [0.25, 0.3) is 11.1 Å². The lowest BCUT2D eigenvalue weighted by molar-refractivity contribution is -0.113. The Morgan fingerprint density at radius 1 is 1.06 bits per heavy atom. The van der Waals surface area contributed by atoms with Crippen LogP contribution >= 0.6 is 0 Å². The minimum absolute atomic E-state index is 0.144. The number of nitrogens with one attached hydrogen (secondary N) is 2. The fraction of sp³-hybridized carbons (Fsp3) is 0.160. The van der Waals surface area contributed by atoms with E-state index < -0.39 is 17.8 Å². The van der Waals surface area contributed by atoms with Crippen LogP contribution < -0.4 is 16.2 Å². The lowest BCUT2D eigenvalue weighted by atomic mass is 9.96. The molecule has 1 atom stereocenters.